The van der Waals surface area contributed by atoms with Crippen molar-refractivity contribution in [2.75, 3.05) is 0 Å². The minimum Gasteiger partial charge on any atom is -0.203 e. The molecule has 0 atom stereocenters. The van der Waals surface area contributed by atoms with Crippen LogP contribution in [-0.2, 0) is 0 Å². The van der Waals surface area contributed by atoms with Gasteiger partial charge in [0.2, 0.25) is 0 Å². The minimum atomic E-state index is -1.65. The molecule has 1 rings (SSSR count). The van der Waals surface area contributed by atoms with E-state index in [0.717, 1.165) is 0 Å². The highest BCUT2D eigenvalue weighted by Crippen LogP contribution is 2.14. The van der Waals surface area contributed by atoms with Gasteiger partial charge in [0.15, 0.2) is 11.6 Å². The van der Waals surface area contributed by atoms with Crippen LogP contribution in [0.3, 0.4) is 0 Å². The molecule has 0 aliphatic heterocycles. The molecule has 0 aliphatic carbocycles. The van der Waals surface area contributed by atoms with Crippen molar-refractivity contribution in [2.45, 2.75) is 19.6 Å². The Bertz CT molecular complexity index is 262. The van der Waals surface area contributed by atoms with E-state index in [1.807, 2.05) is 19.6 Å². The Labute approximate surface area is 69.9 Å². The van der Waals surface area contributed by atoms with Gasteiger partial charge in [-0.15, -0.1) is 11.3 Å². The SMILES string of the molecule is C[Si](C)(C)c1scc(F)c1F. The van der Waals surface area contributed by atoms with Crippen LogP contribution in [-0.4, -0.2) is 8.07 Å². The molecule has 0 saturated carbocycles. The van der Waals surface area contributed by atoms with Crippen molar-refractivity contribution in [1.82, 2.24) is 0 Å². The number of hydrogen-bond acceptors (Lipinski definition) is 1. The third-order valence-electron chi connectivity index (χ3n) is 1.37. The van der Waals surface area contributed by atoms with E-state index >= 15 is 0 Å². The van der Waals surface area contributed by atoms with Crippen LogP contribution in [0, 0.1) is 11.6 Å². The van der Waals surface area contributed by atoms with Crippen molar-refractivity contribution in [3.63, 3.8) is 0 Å². The maximum atomic E-state index is 12.9. The first-order chi connectivity index (χ1) is 4.93. The lowest BCUT2D eigenvalue weighted by atomic mass is 10.6. The summed E-state index contributed by atoms with van der Waals surface area (Å²) in [5, 5.41) is 1.24. The lowest BCUT2D eigenvalue weighted by Gasteiger charge is -2.12. The van der Waals surface area contributed by atoms with Gasteiger partial charge in [-0.1, -0.05) is 19.6 Å². The first-order valence-corrected chi connectivity index (χ1v) is 7.74. The summed E-state index contributed by atoms with van der Waals surface area (Å²) in [5.74, 6) is -1.33. The van der Waals surface area contributed by atoms with Crippen molar-refractivity contribution < 1.29 is 8.78 Å². The van der Waals surface area contributed by atoms with E-state index in [9.17, 15) is 8.78 Å². The Morgan fingerprint density at radius 1 is 1.27 bits per heavy atom. The summed E-state index contributed by atoms with van der Waals surface area (Å²) < 4.78 is 26.1. The summed E-state index contributed by atoms with van der Waals surface area (Å²) in [6.07, 6.45) is 0. The third kappa shape index (κ3) is 1.68. The van der Waals surface area contributed by atoms with E-state index in [1.165, 1.54) is 16.7 Å². The van der Waals surface area contributed by atoms with Crippen LogP contribution >= 0.6 is 11.3 Å². The van der Waals surface area contributed by atoms with Crippen LogP contribution in [0.5, 0.6) is 0 Å². The highest BCUT2D eigenvalue weighted by Gasteiger charge is 2.24. The van der Waals surface area contributed by atoms with Crippen molar-refractivity contribution >= 4 is 23.9 Å². The number of rotatable bonds is 1. The number of hydrogen-bond donors (Lipinski definition) is 0. The molecule has 0 N–H and O–H groups in total. The third-order valence-corrected chi connectivity index (χ3v) is 5.88. The molecule has 0 bridgehead atoms. The zero-order valence-electron chi connectivity index (χ0n) is 6.74. The molecule has 0 saturated heterocycles. The second-order valence-electron chi connectivity index (χ2n) is 3.48. The topological polar surface area (TPSA) is 0 Å². The van der Waals surface area contributed by atoms with Gasteiger partial charge in [-0.2, -0.15) is 0 Å². The molecule has 0 unspecified atom stereocenters. The fourth-order valence-electron chi connectivity index (χ4n) is 0.829. The summed E-state index contributed by atoms with van der Waals surface area (Å²) in [7, 11) is -1.65. The van der Waals surface area contributed by atoms with E-state index in [1.54, 1.807) is 0 Å². The Morgan fingerprint density at radius 3 is 2.00 bits per heavy atom. The van der Waals surface area contributed by atoms with Gasteiger partial charge in [-0.25, -0.2) is 8.78 Å². The Morgan fingerprint density at radius 2 is 1.82 bits per heavy atom. The number of halogens is 2. The van der Waals surface area contributed by atoms with Crippen molar-refractivity contribution in [3.05, 3.63) is 17.0 Å². The Kier molecular flexibility index (Phi) is 2.16. The Hall–Kier alpha value is -0.223. The van der Waals surface area contributed by atoms with Crippen molar-refractivity contribution in [2.24, 2.45) is 0 Å². The standard InChI is InChI=1S/C7H10F2SSi/c1-11(2,3)7-6(9)5(8)4-10-7/h4H,1-3H3. The average Bonchev–Trinajstić information content (AvgIpc) is 2.11. The molecule has 0 nitrogen and oxygen atoms in total. The summed E-state index contributed by atoms with van der Waals surface area (Å²) in [4.78, 5) is 0. The highest BCUT2D eigenvalue weighted by molar-refractivity contribution is 7.25. The quantitative estimate of drug-likeness (QED) is 0.600. The summed E-state index contributed by atoms with van der Waals surface area (Å²) >= 11 is 1.19. The fourth-order valence-corrected chi connectivity index (χ4v) is 3.72. The van der Waals surface area contributed by atoms with E-state index in [0.29, 0.717) is 4.50 Å². The maximum Gasteiger partial charge on any atom is 0.169 e. The zero-order chi connectivity index (χ0) is 8.65. The van der Waals surface area contributed by atoms with Gasteiger partial charge < -0.3 is 0 Å². The number of thiophene rings is 1. The van der Waals surface area contributed by atoms with E-state index in [2.05, 4.69) is 0 Å². The van der Waals surface area contributed by atoms with Crippen molar-refractivity contribution in [3.8, 4) is 0 Å². The van der Waals surface area contributed by atoms with Crippen molar-refractivity contribution in [1.29, 1.82) is 0 Å². The molecule has 4 heteroatoms. The fraction of sp³-hybridized carbons (Fsp3) is 0.429. The molecular weight excluding hydrogens is 182 g/mol. The first kappa shape index (κ1) is 8.87. The second kappa shape index (κ2) is 2.68. The van der Waals surface area contributed by atoms with Gasteiger partial charge in [0.1, 0.15) is 0 Å². The molecule has 0 amide bonds. The predicted octanol–water partition coefficient (Wildman–Crippen LogP) is 2.57. The van der Waals surface area contributed by atoms with Crippen LogP contribution in [0.2, 0.25) is 19.6 Å². The summed E-state index contributed by atoms with van der Waals surface area (Å²) in [5.41, 5.74) is 0. The largest absolute Gasteiger partial charge is 0.203 e. The van der Waals surface area contributed by atoms with E-state index in [-0.39, 0.29) is 0 Å². The summed E-state index contributed by atoms with van der Waals surface area (Å²) in [6, 6.07) is 0. The lowest BCUT2D eigenvalue weighted by molar-refractivity contribution is 0.520. The van der Waals surface area contributed by atoms with Gasteiger partial charge in [0, 0.05) is 9.88 Å². The molecule has 0 fully saturated rings. The smallest absolute Gasteiger partial charge is 0.169 e. The molecule has 0 spiro atoms. The van der Waals surface area contributed by atoms with Gasteiger partial charge in [0.25, 0.3) is 0 Å². The lowest BCUT2D eigenvalue weighted by Crippen LogP contribution is -2.37. The molecule has 1 heterocycles. The average molecular weight is 192 g/mol. The van der Waals surface area contributed by atoms with Crippen LogP contribution in [0.4, 0.5) is 8.78 Å². The molecule has 62 valence electrons. The first-order valence-electron chi connectivity index (χ1n) is 3.36. The predicted molar refractivity (Wildman–Crippen MR) is 47.2 cm³/mol. The van der Waals surface area contributed by atoms with E-state index < -0.39 is 19.7 Å². The molecule has 1 aromatic heterocycles. The second-order valence-corrected chi connectivity index (χ2v) is 9.72. The van der Waals surface area contributed by atoms with Crippen LogP contribution in [0.25, 0.3) is 0 Å². The zero-order valence-corrected chi connectivity index (χ0v) is 8.56. The molecule has 0 radical (unpaired) electrons. The van der Waals surface area contributed by atoms with Crippen LogP contribution < -0.4 is 4.50 Å². The molecule has 0 aliphatic rings. The molecular formula is C7H10F2SSi. The van der Waals surface area contributed by atoms with Crippen LogP contribution in [0.1, 0.15) is 0 Å². The highest BCUT2D eigenvalue weighted by atomic mass is 32.1. The van der Waals surface area contributed by atoms with Crippen LogP contribution in [0.15, 0.2) is 5.38 Å². The minimum absolute atomic E-state index is 0.620. The van der Waals surface area contributed by atoms with Gasteiger partial charge >= 0.3 is 0 Å². The van der Waals surface area contributed by atoms with Gasteiger partial charge in [-0.05, 0) is 0 Å². The monoisotopic (exact) mass is 192 g/mol. The maximum absolute atomic E-state index is 12.9. The van der Waals surface area contributed by atoms with Gasteiger partial charge in [0.05, 0.1) is 8.07 Å². The molecule has 0 aromatic carbocycles. The summed E-state index contributed by atoms with van der Waals surface area (Å²) in [6.45, 7) is 6.00. The Balaban J connectivity index is 3.15. The normalized spacial score (nSPS) is 12.1. The van der Waals surface area contributed by atoms with E-state index in [4.69, 9.17) is 0 Å². The van der Waals surface area contributed by atoms with Gasteiger partial charge in [-0.3, -0.25) is 0 Å². The molecule has 1 aromatic rings. The molecule has 11 heavy (non-hydrogen) atoms.